The highest BCUT2D eigenvalue weighted by atomic mass is 79.9. The number of nitrogens with one attached hydrogen (secondary N) is 1. The first-order chi connectivity index (χ1) is 7.43. The minimum Gasteiger partial charge on any atom is -0.305 e. The molecule has 0 bridgehead atoms. The summed E-state index contributed by atoms with van der Waals surface area (Å²) in [5, 5.41) is 7.84. The van der Waals surface area contributed by atoms with E-state index >= 15 is 0 Å². The van der Waals surface area contributed by atoms with Crippen molar-refractivity contribution < 1.29 is 0 Å². The first kappa shape index (κ1) is 14.0. The second kappa shape index (κ2) is 5.52. The van der Waals surface area contributed by atoms with Crippen LogP contribution >= 0.6 is 27.5 Å². The molecule has 0 aliphatic heterocycles. The van der Waals surface area contributed by atoms with Crippen LogP contribution in [0.3, 0.4) is 0 Å². The number of aryl methyl sites for hydroxylation is 2. The van der Waals surface area contributed by atoms with Gasteiger partial charge in [-0.3, -0.25) is 4.68 Å². The smallest absolute Gasteiger partial charge is 0.0739 e. The molecule has 0 saturated heterocycles. The third-order valence-corrected chi connectivity index (χ3v) is 4.64. The van der Waals surface area contributed by atoms with E-state index in [4.69, 9.17) is 11.6 Å². The SMILES string of the molecule is CCC(C)(CCl)NCc1c(Br)c(C)nn1C. The van der Waals surface area contributed by atoms with Crippen LogP contribution in [-0.4, -0.2) is 21.2 Å². The molecule has 1 N–H and O–H groups in total. The van der Waals surface area contributed by atoms with Gasteiger partial charge in [-0.1, -0.05) is 6.92 Å². The maximum Gasteiger partial charge on any atom is 0.0739 e. The number of halogens is 2. The first-order valence-corrected chi connectivity index (χ1v) is 6.75. The van der Waals surface area contributed by atoms with Gasteiger partial charge in [-0.15, -0.1) is 11.6 Å². The maximum atomic E-state index is 5.96. The van der Waals surface area contributed by atoms with E-state index in [1.165, 1.54) is 0 Å². The predicted octanol–water partition coefficient (Wildman–Crippen LogP) is 2.99. The summed E-state index contributed by atoms with van der Waals surface area (Å²) in [6.45, 7) is 7.04. The van der Waals surface area contributed by atoms with E-state index in [1.54, 1.807) is 0 Å². The van der Waals surface area contributed by atoms with Gasteiger partial charge in [0.15, 0.2) is 0 Å². The monoisotopic (exact) mass is 307 g/mol. The molecule has 0 radical (unpaired) electrons. The van der Waals surface area contributed by atoms with Gasteiger partial charge in [0, 0.05) is 25.0 Å². The second-order valence-electron chi connectivity index (χ2n) is 4.37. The fourth-order valence-electron chi connectivity index (χ4n) is 1.44. The van der Waals surface area contributed by atoms with Gasteiger partial charge >= 0.3 is 0 Å². The van der Waals surface area contributed by atoms with E-state index in [-0.39, 0.29) is 5.54 Å². The third-order valence-electron chi connectivity index (χ3n) is 3.02. The molecule has 1 aromatic rings. The number of alkyl halides is 1. The molecule has 0 aliphatic rings. The summed E-state index contributed by atoms with van der Waals surface area (Å²) in [6, 6.07) is 0. The maximum absolute atomic E-state index is 5.96. The number of rotatable bonds is 5. The molecule has 0 aliphatic carbocycles. The summed E-state index contributed by atoms with van der Waals surface area (Å²) in [6.07, 6.45) is 1.00. The molecule has 5 heteroatoms. The van der Waals surface area contributed by atoms with Crippen LogP contribution in [0.2, 0.25) is 0 Å². The van der Waals surface area contributed by atoms with Crippen LogP contribution in [0.4, 0.5) is 0 Å². The van der Waals surface area contributed by atoms with Gasteiger partial charge in [0.25, 0.3) is 0 Å². The third kappa shape index (κ3) is 2.99. The Hall–Kier alpha value is -0.0600. The van der Waals surface area contributed by atoms with Crippen molar-refractivity contribution in [2.45, 2.75) is 39.3 Å². The molecular weight excluding hydrogens is 289 g/mol. The van der Waals surface area contributed by atoms with Gasteiger partial charge in [0.05, 0.1) is 15.9 Å². The zero-order chi connectivity index (χ0) is 12.3. The van der Waals surface area contributed by atoms with Gasteiger partial charge in [0.1, 0.15) is 0 Å². The normalized spacial score (nSPS) is 15.1. The summed E-state index contributed by atoms with van der Waals surface area (Å²) in [5.74, 6) is 0.609. The van der Waals surface area contributed by atoms with Crippen molar-refractivity contribution >= 4 is 27.5 Å². The molecule has 1 unspecified atom stereocenters. The lowest BCUT2D eigenvalue weighted by Gasteiger charge is -2.27. The molecule has 1 aromatic heterocycles. The Bertz CT molecular complexity index is 358. The van der Waals surface area contributed by atoms with Gasteiger partial charge in [0.2, 0.25) is 0 Å². The Kier molecular flexibility index (Phi) is 4.83. The van der Waals surface area contributed by atoms with Gasteiger partial charge in [-0.2, -0.15) is 5.10 Å². The molecule has 16 heavy (non-hydrogen) atoms. The molecule has 1 atom stereocenters. The van der Waals surface area contributed by atoms with Crippen LogP contribution in [0, 0.1) is 6.92 Å². The molecule has 0 aromatic carbocycles. The largest absolute Gasteiger partial charge is 0.305 e. The van der Waals surface area contributed by atoms with E-state index in [0.29, 0.717) is 5.88 Å². The quantitative estimate of drug-likeness (QED) is 0.848. The predicted molar refractivity (Wildman–Crippen MR) is 71.9 cm³/mol. The Balaban J connectivity index is 2.74. The van der Waals surface area contributed by atoms with Gasteiger partial charge in [-0.25, -0.2) is 0 Å². The second-order valence-corrected chi connectivity index (χ2v) is 5.43. The molecule has 0 saturated carbocycles. The molecular formula is C11H19BrClN3. The van der Waals surface area contributed by atoms with Gasteiger partial charge < -0.3 is 5.32 Å². The number of aromatic nitrogens is 2. The lowest BCUT2D eigenvalue weighted by atomic mass is 10.0. The highest BCUT2D eigenvalue weighted by molar-refractivity contribution is 9.10. The van der Waals surface area contributed by atoms with Crippen molar-refractivity contribution in [3.05, 3.63) is 15.9 Å². The Morgan fingerprint density at radius 1 is 1.56 bits per heavy atom. The van der Waals surface area contributed by atoms with E-state index in [9.17, 15) is 0 Å². The van der Waals surface area contributed by atoms with E-state index in [0.717, 1.165) is 28.8 Å². The summed E-state index contributed by atoms with van der Waals surface area (Å²) in [7, 11) is 1.96. The lowest BCUT2D eigenvalue weighted by molar-refractivity contribution is 0.373. The van der Waals surface area contributed by atoms with Crippen molar-refractivity contribution in [3.63, 3.8) is 0 Å². The highest BCUT2D eigenvalue weighted by Gasteiger charge is 2.21. The number of nitrogens with zero attached hydrogens (tertiary/aromatic N) is 2. The number of hydrogen-bond acceptors (Lipinski definition) is 2. The fraction of sp³-hybridized carbons (Fsp3) is 0.727. The van der Waals surface area contributed by atoms with Crippen molar-refractivity contribution in [2.24, 2.45) is 7.05 Å². The Morgan fingerprint density at radius 3 is 2.56 bits per heavy atom. The van der Waals surface area contributed by atoms with Crippen LogP contribution < -0.4 is 5.32 Å². The number of hydrogen-bond donors (Lipinski definition) is 1. The van der Waals surface area contributed by atoms with Crippen molar-refractivity contribution in [2.75, 3.05) is 5.88 Å². The zero-order valence-corrected chi connectivity index (χ0v) is 12.6. The molecule has 1 heterocycles. The first-order valence-electron chi connectivity index (χ1n) is 5.42. The highest BCUT2D eigenvalue weighted by Crippen LogP contribution is 2.21. The minimum absolute atomic E-state index is 0.0147. The van der Waals surface area contributed by atoms with Crippen molar-refractivity contribution in [1.82, 2.24) is 15.1 Å². The van der Waals surface area contributed by atoms with E-state index in [2.05, 4.69) is 40.2 Å². The van der Waals surface area contributed by atoms with Crippen LogP contribution in [0.1, 0.15) is 31.7 Å². The summed E-state index contributed by atoms with van der Waals surface area (Å²) >= 11 is 9.52. The van der Waals surface area contributed by atoms with Crippen LogP contribution in [0.15, 0.2) is 4.47 Å². The standard InChI is InChI=1S/C11H19BrClN3/c1-5-11(3,7-13)14-6-9-10(12)8(2)15-16(9)4/h14H,5-7H2,1-4H3. The van der Waals surface area contributed by atoms with E-state index < -0.39 is 0 Å². The Morgan fingerprint density at radius 2 is 2.19 bits per heavy atom. The summed E-state index contributed by atoms with van der Waals surface area (Å²) in [4.78, 5) is 0. The molecule has 0 amide bonds. The summed E-state index contributed by atoms with van der Waals surface area (Å²) < 4.78 is 2.98. The van der Waals surface area contributed by atoms with Crippen LogP contribution in [0.25, 0.3) is 0 Å². The van der Waals surface area contributed by atoms with Gasteiger partial charge in [-0.05, 0) is 36.2 Å². The minimum atomic E-state index is -0.0147. The molecule has 0 spiro atoms. The molecule has 0 fully saturated rings. The van der Waals surface area contributed by atoms with Crippen molar-refractivity contribution in [1.29, 1.82) is 0 Å². The zero-order valence-electron chi connectivity index (χ0n) is 10.3. The molecule has 92 valence electrons. The van der Waals surface area contributed by atoms with Crippen molar-refractivity contribution in [3.8, 4) is 0 Å². The Labute approximate surface area is 111 Å². The van der Waals surface area contributed by atoms with Crippen LogP contribution in [0.5, 0.6) is 0 Å². The summed E-state index contributed by atoms with van der Waals surface area (Å²) in [5.41, 5.74) is 2.16. The van der Waals surface area contributed by atoms with E-state index in [1.807, 2.05) is 18.7 Å². The fourth-order valence-corrected chi connectivity index (χ4v) is 2.20. The molecule has 3 nitrogen and oxygen atoms in total. The average Bonchev–Trinajstić information content (AvgIpc) is 2.51. The molecule has 1 rings (SSSR count). The lowest BCUT2D eigenvalue weighted by Crippen LogP contribution is -2.43. The van der Waals surface area contributed by atoms with Crippen LogP contribution in [-0.2, 0) is 13.6 Å². The topological polar surface area (TPSA) is 29.9 Å². The average molecular weight is 309 g/mol.